The molecular weight excluding hydrogens is 228 g/mol. The van der Waals surface area contributed by atoms with Crippen LogP contribution in [0.1, 0.15) is 16.8 Å². The summed E-state index contributed by atoms with van der Waals surface area (Å²) >= 11 is 0. The van der Waals surface area contributed by atoms with Crippen LogP contribution in [0.5, 0.6) is 0 Å². The summed E-state index contributed by atoms with van der Waals surface area (Å²) in [6.07, 6.45) is 2.94. The van der Waals surface area contributed by atoms with Gasteiger partial charge in [0.15, 0.2) is 0 Å². The van der Waals surface area contributed by atoms with E-state index in [4.69, 9.17) is 10.5 Å². The number of carbonyl (C=O) groups excluding carboxylic acids is 1. The van der Waals surface area contributed by atoms with Gasteiger partial charge in [-0.25, -0.2) is 0 Å². The van der Waals surface area contributed by atoms with Crippen LogP contribution in [-0.2, 0) is 4.74 Å². The number of nitrogens with zero attached hydrogens (tertiary/aromatic N) is 1. The summed E-state index contributed by atoms with van der Waals surface area (Å²) in [7, 11) is 1.69. The molecule has 1 aromatic rings. The van der Waals surface area contributed by atoms with Crippen LogP contribution in [0.25, 0.3) is 0 Å². The summed E-state index contributed by atoms with van der Waals surface area (Å²) in [5.41, 5.74) is 8.22. The molecule has 0 bridgehead atoms. The van der Waals surface area contributed by atoms with Crippen LogP contribution in [0.2, 0.25) is 0 Å². The van der Waals surface area contributed by atoms with Crippen LogP contribution in [-0.4, -0.2) is 37.6 Å². The zero-order chi connectivity index (χ0) is 13.0. The number of carbonyl (C=O) groups is 1. The van der Waals surface area contributed by atoms with E-state index < -0.39 is 0 Å². The number of amides is 1. The van der Waals surface area contributed by atoms with Crippen molar-refractivity contribution in [3.8, 4) is 0 Å². The number of anilines is 1. The minimum Gasteiger partial charge on any atom is -0.399 e. The Balaban J connectivity index is 2.04. The molecule has 1 amide bonds. The van der Waals surface area contributed by atoms with E-state index >= 15 is 0 Å². The first-order chi connectivity index (χ1) is 8.70. The Morgan fingerprint density at radius 3 is 2.94 bits per heavy atom. The topological polar surface area (TPSA) is 55.6 Å². The molecule has 0 radical (unpaired) electrons. The first kappa shape index (κ1) is 12.6. The summed E-state index contributed by atoms with van der Waals surface area (Å²) in [5, 5.41) is 0. The van der Waals surface area contributed by atoms with Crippen LogP contribution in [0.4, 0.5) is 5.69 Å². The summed E-state index contributed by atoms with van der Waals surface area (Å²) in [6.45, 7) is 2.04. The maximum atomic E-state index is 12.2. The van der Waals surface area contributed by atoms with Crippen molar-refractivity contribution < 1.29 is 9.53 Å². The first-order valence-corrected chi connectivity index (χ1v) is 6.02. The minimum atomic E-state index is 0.0371. The summed E-state index contributed by atoms with van der Waals surface area (Å²) in [6, 6.07) is 7.10. The van der Waals surface area contributed by atoms with Crippen LogP contribution in [0.15, 0.2) is 35.9 Å². The molecule has 18 heavy (non-hydrogen) atoms. The molecule has 2 rings (SSSR count). The molecule has 0 unspecified atom stereocenters. The molecule has 1 aliphatic rings. The molecule has 0 fully saturated rings. The van der Waals surface area contributed by atoms with Gasteiger partial charge < -0.3 is 15.4 Å². The number of nitrogen functional groups attached to an aromatic ring is 1. The maximum Gasteiger partial charge on any atom is 0.254 e. The minimum absolute atomic E-state index is 0.0371. The Morgan fingerprint density at radius 1 is 1.50 bits per heavy atom. The summed E-state index contributed by atoms with van der Waals surface area (Å²) < 4.78 is 5.09. The van der Waals surface area contributed by atoms with E-state index in [1.54, 1.807) is 31.4 Å². The highest BCUT2D eigenvalue weighted by atomic mass is 16.5. The van der Waals surface area contributed by atoms with Gasteiger partial charge in [0.05, 0.1) is 6.61 Å². The number of methoxy groups -OCH3 is 1. The first-order valence-electron chi connectivity index (χ1n) is 6.02. The molecule has 2 N–H and O–H groups in total. The molecule has 0 spiro atoms. The number of hydrogen-bond acceptors (Lipinski definition) is 3. The molecule has 0 saturated heterocycles. The van der Waals surface area contributed by atoms with Crippen molar-refractivity contribution in [2.24, 2.45) is 0 Å². The summed E-state index contributed by atoms with van der Waals surface area (Å²) in [4.78, 5) is 14.1. The Labute approximate surface area is 107 Å². The fraction of sp³-hybridized carbons (Fsp3) is 0.357. The van der Waals surface area contributed by atoms with E-state index in [1.807, 2.05) is 4.90 Å². The zero-order valence-electron chi connectivity index (χ0n) is 10.6. The largest absolute Gasteiger partial charge is 0.399 e. The van der Waals surface area contributed by atoms with Crippen molar-refractivity contribution in [2.45, 2.75) is 6.42 Å². The van der Waals surface area contributed by atoms with Gasteiger partial charge in [0, 0.05) is 31.5 Å². The van der Waals surface area contributed by atoms with Crippen LogP contribution in [0, 0.1) is 0 Å². The Bertz CT molecular complexity index is 469. The molecule has 1 aliphatic heterocycles. The van der Waals surface area contributed by atoms with Crippen LogP contribution < -0.4 is 5.73 Å². The SMILES string of the molecule is COCC1=CCN(C(=O)c2cccc(N)c2)CC1. The third kappa shape index (κ3) is 2.90. The normalized spacial score (nSPS) is 15.4. The molecular formula is C14H18N2O2. The molecule has 96 valence electrons. The summed E-state index contributed by atoms with van der Waals surface area (Å²) in [5.74, 6) is 0.0371. The monoisotopic (exact) mass is 246 g/mol. The van der Waals surface area contributed by atoms with Gasteiger partial charge >= 0.3 is 0 Å². The van der Waals surface area contributed by atoms with Crippen molar-refractivity contribution in [3.63, 3.8) is 0 Å². The second-order valence-corrected chi connectivity index (χ2v) is 4.42. The van der Waals surface area contributed by atoms with Gasteiger partial charge in [0.2, 0.25) is 0 Å². The van der Waals surface area contributed by atoms with Gasteiger partial charge in [-0.1, -0.05) is 12.1 Å². The molecule has 1 heterocycles. The fourth-order valence-corrected chi connectivity index (χ4v) is 2.07. The van der Waals surface area contributed by atoms with E-state index in [-0.39, 0.29) is 5.91 Å². The number of nitrogens with two attached hydrogens (primary N) is 1. The van der Waals surface area contributed by atoms with E-state index in [2.05, 4.69) is 6.08 Å². The van der Waals surface area contributed by atoms with E-state index in [0.717, 1.165) is 13.0 Å². The molecule has 4 heteroatoms. The molecule has 0 aliphatic carbocycles. The molecule has 4 nitrogen and oxygen atoms in total. The average molecular weight is 246 g/mol. The number of ether oxygens (including phenoxy) is 1. The standard InChI is InChI=1S/C14H18N2O2/c1-18-10-11-5-7-16(8-6-11)14(17)12-3-2-4-13(15)9-12/h2-5,9H,6-8,10,15H2,1H3. The van der Waals surface area contributed by atoms with Crippen molar-refractivity contribution >= 4 is 11.6 Å². The molecule has 0 saturated carbocycles. The third-order valence-corrected chi connectivity index (χ3v) is 3.05. The van der Waals surface area contributed by atoms with Crippen molar-refractivity contribution in [2.75, 3.05) is 32.5 Å². The van der Waals surface area contributed by atoms with Gasteiger partial charge in [0.25, 0.3) is 5.91 Å². The van der Waals surface area contributed by atoms with Crippen LogP contribution in [0.3, 0.4) is 0 Å². The quantitative estimate of drug-likeness (QED) is 0.652. The lowest BCUT2D eigenvalue weighted by molar-refractivity contribution is 0.0765. The van der Waals surface area contributed by atoms with Gasteiger partial charge in [-0.3, -0.25) is 4.79 Å². The van der Waals surface area contributed by atoms with E-state index in [9.17, 15) is 4.79 Å². The van der Waals surface area contributed by atoms with Crippen LogP contribution >= 0.6 is 0 Å². The molecule has 0 atom stereocenters. The van der Waals surface area contributed by atoms with Gasteiger partial charge in [-0.2, -0.15) is 0 Å². The van der Waals surface area contributed by atoms with E-state index in [1.165, 1.54) is 5.57 Å². The fourth-order valence-electron chi connectivity index (χ4n) is 2.07. The Hall–Kier alpha value is -1.81. The third-order valence-electron chi connectivity index (χ3n) is 3.05. The number of benzene rings is 1. The van der Waals surface area contributed by atoms with E-state index in [0.29, 0.717) is 24.4 Å². The van der Waals surface area contributed by atoms with Crippen molar-refractivity contribution in [1.82, 2.24) is 4.90 Å². The van der Waals surface area contributed by atoms with Gasteiger partial charge in [-0.15, -0.1) is 0 Å². The highest BCUT2D eigenvalue weighted by Gasteiger charge is 2.18. The highest BCUT2D eigenvalue weighted by Crippen LogP contribution is 2.15. The van der Waals surface area contributed by atoms with Crippen molar-refractivity contribution in [3.05, 3.63) is 41.5 Å². The lowest BCUT2D eigenvalue weighted by Crippen LogP contribution is -2.35. The van der Waals surface area contributed by atoms with Gasteiger partial charge in [-0.05, 0) is 30.2 Å². The molecule has 0 aromatic heterocycles. The average Bonchev–Trinajstić information content (AvgIpc) is 2.39. The lowest BCUT2D eigenvalue weighted by atomic mass is 10.1. The Kier molecular flexibility index (Phi) is 3.99. The Morgan fingerprint density at radius 2 is 2.33 bits per heavy atom. The number of rotatable bonds is 3. The van der Waals surface area contributed by atoms with Crippen molar-refractivity contribution in [1.29, 1.82) is 0 Å². The second kappa shape index (κ2) is 5.69. The maximum absolute atomic E-state index is 12.2. The predicted octanol–water partition coefficient (Wildman–Crippen LogP) is 1.69. The smallest absolute Gasteiger partial charge is 0.254 e. The highest BCUT2D eigenvalue weighted by molar-refractivity contribution is 5.95. The van der Waals surface area contributed by atoms with Gasteiger partial charge in [0.1, 0.15) is 0 Å². The number of hydrogen-bond donors (Lipinski definition) is 1. The second-order valence-electron chi connectivity index (χ2n) is 4.42. The molecule has 1 aromatic carbocycles. The lowest BCUT2D eigenvalue weighted by Gasteiger charge is -2.26. The predicted molar refractivity (Wildman–Crippen MR) is 71.3 cm³/mol. The zero-order valence-corrected chi connectivity index (χ0v) is 10.6.